The molecule has 20 heavy (non-hydrogen) atoms. The highest BCUT2D eigenvalue weighted by Gasteiger charge is 2.19. The second kappa shape index (κ2) is 5.50. The minimum atomic E-state index is -0.973. The summed E-state index contributed by atoms with van der Waals surface area (Å²) in [6.07, 6.45) is 1.45. The molecular formula is C14H15NO4S. The standard InChI is InChI=1S/C14H15NO4S/c1-7(2)10-6-11(20-12(10)14(17)18)15-13(16)9-4-5-19-8(9)3/h4-7H,1-3H3,(H,15,16)(H,17,18). The number of furan rings is 1. The molecule has 0 bridgehead atoms. The van der Waals surface area contributed by atoms with E-state index < -0.39 is 5.97 Å². The fourth-order valence-corrected chi connectivity index (χ4v) is 2.91. The van der Waals surface area contributed by atoms with Crippen molar-refractivity contribution in [3.05, 3.63) is 40.2 Å². The molecular weight excluding hydrogens is 278 g/mol. The third-order valence-corrected chi connectivity index (χ3v) is 3.97. The second-order valence-electron chi connectivity index (χ2n) is 4.70. The lowest BCUT2D eigenvalue weighted by atomic mass is 10.0. The van der Waals surface area contributed by atoms with Gasteiger partial charge in [0.05, 0.1) is 16.8 Å². The molecule has 0 fully saturated rings. The lowest BCUT2D eigenvalue weighted by Crippen LogP contribution is -2.10. The van der Waals surface area contributed by atoms with Crippen molar-refractivity contribution in [1.82, 2.24) is 0 Å². The number of hydrogen-bond donors (Lipinski definition) is 2. The molecule has 0 saturated carbocycles. The summed E-state index contributed by atoms with van der Waals surface area (Å²) in [6, 6.07) is 3.30. The average Bonchev–Trinajstić information content (AvgIpc) is 2.95. The van der Waals surface area contributed by atoms with Gasteiger partial charge >= 0.3 is 5.97 Å². The number of nitrogens with one attached hydrogen (secondary N) is 1. The zero-order valence-electron chi connectivity index (χ0n) is 11.4. The molecule has 6 heteroatoms. The minimum Gasteiger partial charge on any atom is -0.477 e. The Morgan fingerprint density at radius 1 is 1.40 bits per heavy atom. The Morgan fingerprint density at radius 3 is 2.55 bits per heavy atom. The maximum atomic E-state index is 12.0. The lowest BCUT2D eigenvalue weighted by molar-refractivity contribution is 0.0700. The van der Waals surface area contributed by atoms with Gasteiger partial charge in [-0.25, -0.2) is 4.79 Å². The topological polar surface area (TPSA) is 79.5 Å². The summed E-state index contributed by atoms with van der Waals surface area (Å²) in [5.41, 5.74) is 1.17. The Hall–Kier alpha value is -2.08. The summed E-state index contributed by atoms with van der Waals surface area (Å²) in [4.78, 5) is 23.5. The fraction of sp³-hybridized carbons (Fsp3) is 0.286. The Labute approximate surface area is 120 Å². The van der Waals surface area contributed by atoms with Crippen molar-refractivity contribution in [2.45, 2.75) is 26.7 Å². The second-order valence-corrected chi connectivity index (χ2v) is 5.75. The van der Waals surface area contributed by atoms with Gasteiger partial charge in [-0.3, -0.25) is 4.79 Å². The van der Waals surface area contributed by atoms with Gasteiger partial charge in [0.15, 0.2) is 0 Å². The summed E-state index contributed by atoms with van der Waals surface area (Å²) in [5, 5.41) is 12.4. The maximum Gasteiger partial charge on any atom is 0.346 e. The number of rotatable bonds is 4. The molecule has 0 spiro atoms. The van der Waals surface area contributed by atoms with E-state index >= 15 is 0 Å². The van der Waals surface area contributed by atoms with E-state index in [1.807, 2.05) is 13.8 Å². The van der Waals surface area contributed by atoms with Gasteiger partial charge in [0, 0.05) is 0 Å². The van der Waals surface area contributed by atoms with Crippen LogP contribution < -0.4 is 5.32 Å². The third-order valence-electron chi connectivity index (χ3n) is 2.92. The van der Waals surface area contributed by atoms with Crippen molar-refractivity contribution in [3.63, 3.8) is 0 Å². The number of carbonyl (C=O) groups is 2. The van der Waals surface area contributed by atoms with Crippen LogP contribution in [0.1, 0.15) is 51.1 Å². The van der Waals surface area contributed by atoms with Gasteiger partial charge in [0.25, 0.3) is 5.91 Å². The van der Waals surface area contributed by atoms with Crippen LogP contribution in [0.25, 0.3) is 0 Å². The van der Waals surface area contributed by atoms with Crippen molar-refractivity contribution in [1.29, 1.82) is 0 Å². The molecule has 2 N–H and O–H groups in total. The van der Waals surface area contributed by atoms with E-state index in [0.29, 0.717) is 16.3 Å². The molecule has 1 amide bonds. The number of hydrogen-bond acceptors (Lipinski definition) is 4. The first-order chi connectivity index (χ1) is 9.40. The van der Waals surface area contributed by atoms with Crippen LogP contribution in [0.2, 0.25) is 0 Å². The number of aryl methyl sites for hydroxylation is 1. The fourth-order valence-electron chi connectivity index (χ4n) is 1.86. The van der Waals surface area contributed by atoms with Crippen molar-refractivity contribution < 1.29 is 19.1 Å². The molecule has 2 rings (SSSR count). The average molecular weight is 293 g/mol. The van der Waals surface area contributed by atoms with E-state index in [4.69, 9.17) is 4.42 Å². The van der Waals surface area contributed by atoms with Crippen LogP contribution in [0.3, 0.4) is 0 Å². The molecule has 0 atom stereocenters. The Kier molecular flexibility index (Phi) is 3.94. The number of thiophene rings is 1. The number of amides is 1. The molecule has 106 valence electrons. The molecule has 2 heterocycles. The third kappa shape index (κ3) is 2.75. The largest absolute Gasteiger partial charge is 0.477 e. The summed E-state index contributed by atoms with van der Waals surface area (Å²) in [6.45, 7) is 5.53. The predicted molar refractivity (Wildman–Crippen MR) is 76.8 cm³/mol. The molecule has 0 radical (unpaired) electrons. The normalized spacial score (nSPS) is 10.8. The van der Waals surface area contributed by atoms with E-state index in [0.717, 1.165) is 16.9 Å². The van der Waals surface area contributed by atoms with Gasteiger partial charge in [-0.2, -0.15) is 0 Å². The summed E-state index contributed by atoms with van der Waals surface area (Å²) in [7, 11) is 0. The van der Waals surface area contributed by atoms with E-state index in [1.165, 1.54) is 6.26 Å². The van der Waals surface area contributed by atoms with Crippen LogP contribution in [0, 0.1) is 6.92 Å². The predicted octanol–water partition coefficient (Wildman–Crippen LogP) is 3.72. The monoisotopic (exact) mass is 293 g/mol. The Balaban J connectivity index is 2.26. The van der Waals surface area contributed by atoms with Crippen molar-refractivity contribution in [2.24, 2.45) is 0 Å². The first-order valence-electron chi connectivity index (χ1n) is 6.12. The van der Waals surface area contributed by atoms with Gasteiger partial charge in [-0.1, -0.05) is 13.8 Å². The van der Waals surface area contributed by atoms with Crippen LogP contribution in [-0.2, 0) is 0 Å². The van der Waals surface area contributed by atoms with Crippen LogP contribution >= 0.6 is 11.3 Å². The quantitative estimate of drug-likeness (QED) is 0.900. The molecule has 0 aliphatic rings. The molecule has 5 nitrogen and oxygen atoms in total. The maximum absolute atomic E-state index is 12.0. The number of anilines is 1. The molecule has 0 aliphatic carbocycles. The zero-order valence-corrected chi connectivity index (χ0v) is 12.2. The van der Waals surface area contributed by atoms with Gasteiger partial charge < -0.3 is 14.8 Å². The van der Waals surface area contributed by atoms with Crippen molar-refractivity contribution in [3.8, 4) is 0 Å². The zero-order chi connectivity index (χ0) is 14.9. The Morgan fingerprint density at radius 2 is 2.10 bits per heavy atom. The van der Waals surface area contributed by atoms with Crippen molar-refractivity contribution in [2.75, 3.05) is 5.32 Å². The highest BCUT2D eigenvalue weighted by molar-refractivity contribution is 7.18. The lowest BCUT2D eigenvalue weighted by Gasteiger charge is -2.02. The van der Waals surface area contributed by atoms with Crippen LogP contribution in [0.5, 0.6) is 0 Å². The van der Waals surface area contributed by atoms with Crippen LogP contribution in [0.4, 0.5) is 5.00 Å². The molecule has 0 unspecified atom stereocenters. The van der Waals surface area contributed by atoms with Crippen LogP contribution in [0.15, 0.2) is 22.8 Å². The first-order valence-corrected chi connectivity index (χ1v) is 6.94. The highest BCUT2D eigenvalue weighted by atomic mass is 32.1. The summed E-state index contributed by atoms with van der Waals surface area (Å²) >= 11 is 1.07. The number of carboxylic acid groups (broad SMARTS) is 1. The van der Waals surface area contributed by atoms with Crippen LogP contribution in [-0.4, -0.2) is 17.0 Å². The van der Waals surface area contributed by atoms with Gasteiger partial charge in [-0.05, 0) is 30.5 Å². The summed E-state index contributed by atoms with van der Waals surface area (Å²) < 4.78 is 5.08. The van der Waals surface area contributed by atoms with Crippen molar-refractivity contribution >= 4 is 28.2 Å². The highest BCUT2D eigenvalue weighted by Crippen LogP contribution is 2.32. The molecule has 0 aliphatic heterocycles. The van der Waals surface area contributed by atoms with E-state index in [9.17, 15) is 14.7 Å². The van der Waals surface area contributed by atoms with E-state index in [2.05, 4.69) is 5.32 Å². The van der Waals surface area contributed by atoms with E-state index in [1.54, 1.807) is 19.1 Å². The number of carboxylic acids is 1. The van der Waals surface area contributed by atoms with Gasteiger partial charge in [0.1, 0.15) is 10.6 Å². The first kappa shape index (κ1) is 14.3. The SMILES string of the molecule is Cc1occc1C(=O)Nc1cc(C(C)C)c(C(=O)O)s1. The molecule has 0 aromatic carbocycles. The van der Waals surface area contributed by atoms with Gasteiger partial charge in [-0.15, -0.1) is 11.3 Å². The molecule has 2 aromatic rings. The Bertz CT molecular complexity index is 654. The van der Waals surface area contributed by atoms with E-state index in [-0.39, 0.29) is 16.7 Å². The summed E-state index contributed by atoms with van der Waals surface area (Å²) in [5.74, 6) is -0.663. The number of aromatic carboxylic acids is 1. The van der Waals surface area contributed by atoms with Gasteiger partial charge in [0.2, 0.25) is 0 Å². The smallest absolute Gasteiger partial charge is 0.346 e. The number of carbonyl (C=O) groups excluding carboxylic acids is 1. The minimum absolute atomic E-state index is 0.0821. The molecule has 0 saturated heterocycles. The molecule has 2 aromatic heterocycles.